The Balaban J connectivity index is 1.18. The topological polar surface area (TPSA) is 3.24 Å². The van der Waals surface area contributed by atoms with Crippen LogP contribution in [0.1, 0.15) is 0 Å². The minimum atomic E-state index is 1.11. The summed E-state index contributed by atoms with van der Waals surface area (Å²) in [4.78, 5) is 2.33. The molecule has 1 heteroatoms. The van der Waals surface area contributed by atoms with E-state index in [0.717, 1.165) is 17.1 Å². The standard InChI is InChI=1S/C46H33N/c1-4-13-34(14-5-1)39-18-12-19-40(33-39)35-23-28-42(29-24-35)47(41-20-8-3-9-21-41)43-30-25-38(26-31-43)46-44-22-11-10-17-37(44)27-32-45(46)36-15-6-2-7-16-36/h1-33H. The molecule has 0 aromatic heterocycles. The minimum Gasteiger partial charge on any atom is -0.311 e. The Kier molecular flexibility index (Phi) is 7.63. The largest absolute Gasteiger partial charge is 0.311 e. The van der Waals surface area contributed by atoms with E-state index >= 15 is 0 Å². The summed E-state index contributed by atoms with van der Waals surface area (Å²) in [5.41, 5.74) is 13.1. The predicted octanol–water partition coefficient (Wildman–Crippen LogP) is 13.0. The second-order valence-corrected chi connectivity index (χ2v) is 11.8. The molecule has 8 aromatic carbocycles. The first-order valence-corrected chi connectivity index (χ1v) is 16.1. The van der Waals surface area contributed by atoms with E-state index in [9.17, 15) is 0 Å². The van der Waals surface area contributed by atoms with Crippen LogP contribution in [0, 0.1) is 0 Å². The number of anilines is 3. The van der Waals surface area contributed by atoms with Crippen LogP contribution in [0.3, 0.4) is 0 Å². The van der Waals surface area contributed by atoms with Gasteiger partial charge in [-0.1, -0.05) is 158 Å². The SMILES string of the molecule is c1ccc(-c2cccc(-c3ccc(N(c4ccccc4)c4ccc(-c5c(-c6ccccc6)ccc6ccccc56)cc4)cc3)c2)cc1. The van der Waals surface area contributed by atoms with Gasteiger partial charge >= 0.3 is 0 Å². The van der Waals surface area contributed by atoms with Gasteiger partial charge in [-0.3, -0.25) is 0 Å². The van der Waals surface area contributed by atoms with Crippen molar-refractivity contribution in [2.75, 3.05) is 4.90 Å². The van der Waals surface area contributed by atoms with E-state index in [2.05, 4.69) is 205 Å². The van der Waals surface area contributed by atoms with Crippen LogP contribution in [0.15, 0.2) is 200 Å². The Bertz CT molecular complexity index is 2250. The molecule has 0 saturated heterocycles. The maximum Gasteiger partial charge on any atom is 0.0462 e. The monoisotopic (exact) mass is 599 g/mol. The van der Waals surface area contributed by atoms with Gasteiger partial charge in [0.2, 0.25) is 0 Å². The molecule has 0 fully saturated rings. The lowest BCUT2D eigenvalue weighted by molar-refractivity contribution is 1.28. The van der Waals surface area contributed by atoms with Gasteiger partial charge in [0, 0.05) is 17.1 Å². The highest BCUT2D eigenvalue weighted by molar-refractivity contribution is 6.04. The van der Waals surface area contributed by atoms with Gasteiger partial charge in [0.1, 0.15) is 0 Å². The second-order valence-electron chi connectivity index (χ2n) is 11.8. The van der Waals surface area contributed by atoms with Gasteiger partial charge in [-0.15, -0.1) is 0 Å². The summed E-state index contributed by atoms with van der Waals surface area (Å²) < 4.78 is 0. The normalized spacial score (nSPS) is 11.0. The van der Waals surface area contributed by atoms with Gasteiger partial charge in [0.15, 0.2) is 0 Å². The van der Waals surface area contributed by atoms with E-state index in [1.165, 1.54) is 55.3 Å². The molecule has 0 unspecified atom stereocenters. The summed E-state index contributed by atoms with van der Waals surface area (Å²) in [5.74, 6) is 0. The third kappa shape index (κ3) is 5.72. The fraction of sp³-hybridized carbons (Fsp3) is 0. The van der Waals surface area contributed by atoms with E-state index in [1.807, 2.05) is 0 Å². The average molecular weight is 600 g/mol. The van der Waals surface area contributed by atoms with E-state index in [-0.39, 0.29) is 0 Å². The number of fused-ring (bicyclic) bond motifs is 1. The molecular formula is C46H33N. The summed E-state index contributed by atoms with van der Waals surface area (Å²) in [6.45, 7) is 0. The van der Waals surface area contributed by atoms with E-state index in [1.54, 1.807) is 0 Å². The van der Waals surface area contributed by atoms with Crippen molar-refractivity contribution < 1.29 is 0 Å². The Morgan fingerprint density at radius 2 is 0.745 bits per heavy atom. The zero-order valence-corrected chi connectivity index (χ0v) is 26.0. The lowest BCUT2D eigenvalue weighted by atomic mass is 9.89. The Morgan fingerprint density at radius 3 is 1.38 bits per heavy atom. The first-order chi connectivity index (χ1) is 23.3. The summed E-state index contributed by atoms with van der Waals surface area (Å²) in [6, 6.07) is 71.7. The molecule has 0 aliphatic rings. The predicted molar refractivity (Wildman–Crippen MR) is 200 cm³/mol. The van der Waals surface area contributed by atoms with E-state index in [0.29, 0.717) is 0 Å². The Labute approximate surface area is 276 Å². The van der Waals surface area contributed by atoms with Crippen molar-refractivity contribution in [1.82, 2.24) is 0 Å². The highest BCUT2D eigenvalue weighted by Crippen LogP contribution is 2.41. The maximum absolute atomic E-state index is 2.33. The van der Waals surface area contributed by atoms with E-state index < -0.39 is 0 Å². The zero-order valence-electron chi connectivity index (χ0n) is 26.0. The number of rotatable bonds is 7. The van der Waals surface area contributed by atoms with Crippen molar-refractivity contribution >= 4 is 27.8 Å². The summed E-state index contributed by atoms with van der Waals surface area (Å²) in [7, 11) is 0. The molecule has 222 valence electrons. The third-order valence-corrected chi connectivity index (χ3v) is 8.87. The van der Waals surface area contributed by atoms with Crippen LogP contribution in [0.4, 0.5) is 17.1 Å². The Hall–Kier alpha value is -6.18. The van der Waals surface area contributed by atoms with Gasteiger partial charge in [-0.25, -0.2) is 0 Å². The van der Waals surface area contributed by atoms with Crippen molar-refractivity contribution in [1.29, 1.82) is 0 Å². The molecule has 47 heavy (non-hydrogen) atoms. The molecule has 0 radical (unpaired) electrons. The molecule has 0 heterocycles. The highest BCUT2D eigenvalue weighted by Gasteiger charge is 2.16. The van der Waals surface area contributed by atoms with Gasteiger partial charge in [0.25, 0.3) is 0 Å². The van der Waals surface area contributed by atoms with Crippen molar-refractivity contribution in [3.05, 3.63) is 200 Å². The number of para-hydroxylation sites is 1. The van der Waals surface area contributed by atoms with Crippen LogP contribution in [0.2, 0.25) is 0 Å². The molecule has 0 atom stereocenters. The molecule has 1 nitrogen and oxygen atoms in total. The molecule has 0 aliphatic carbocycles. The summed E-state index contributed by atoms with van der Waals surface area (Å²) >= 11 is 0. The van der Waals surface area contributed by atoms with Gasteiger partial charge < -0.3 is 4.90 Å². The molecule has 0 amide bonds. The Morgan fingerprint density at radius 1 is 0.277 bits per heavy atom. The van der Waals surface area contributed by atoms with E-state index in [4.69, 9.17) is 0 Å². The van der Waals surface area contributed by atoms with Crippen molar-refractivity contribution in [3.8, 4) is 44.5 Å². The van der Waals surface area contributed by atoms with Crippen LogP contribution in [0.25, 0.3) is 55.3 Å². The molecule has 0 saturated carbocycles. The molecular weight excluding hydrogens is 567 g/mol. The fourth-order valence-electron chi connectivity index (χ4n) is 6.55. The molecule has 0 aliphatic heterocycles. The quantitative estimate of drug-likeness (QED) is 0.176. The molecule has 0 bridgehead atoms. The molecule has 0 spiro atoms. The second kappa shape index (κ2) is 12.7. The van der Waals surface area contributed by atoms with Crippen LogP contribution < -0.4 is 4.90 Å². The molecule has 8 aromatic rings. The summed E-state index contributed by atoms with van der Waals surface area (Å²) in [5, 5.41) is 2.50. The van der Waals surface area contributed by atoms with Crippen LogP contribution in [0.5, 0.6) is 0 Å². The summed E-state index contributed by atoms with van der Waals surface area (Å²) in [6.07, 6.45) is 0. The van der Waals surface area contributed by atoms with Crippen LogP contribution in [-0.2, 0) is 0 Å². The maximum atomic E-state index is 2.33. The zero-order chi connectivity index (χ0) is 31.4. The third-order valence-electron chi connectivity index (χ3n) is 8.87. The average Bonchev–Trinajstić information content (AvgIpc) is 3.16. The lowest BCUT2D eigenvalue weighted by Gasteiger charge is -2.26. The van der Waals surface area contributed by atoms with Crippen molar-refractivity contribution in [3.63, 3.8) is 0 Å². The molecule has 0 N–H and O–H groups in total. The minimum absolute atomic E-state index is 1.11. The fourth-order valence-corrected chi connectivity index (χ4v) is 6.55. The van der Waals surface area contributed by atoms with Gasteiger partial charge in [-0.05, 0) is 97.7 Å². The first-order valence-electron chi connectivity index (χ1n) is 16.1. The number of hydrogen-bond acceptors (Lipinski definition) is 1. The lowest BCUT2D eigenvalue weighted by Crippen LogP contribution is -2.09. The van der Waals surface area contributed by atoms with Crippen molar-refractivity contribution in [2.24, 2.45) is 0 Å². The number of benzene rings is 8. The number of hydrogen-bond donors (Lipinski definition) is 0. The van der Waals surface area contributed by atoms with Crippen molar-refractivity contribution in [2.45, 2.75) is 0 Å². The number of nitrogens with zero attached hydrogens (tertiary/aromatic N) is 1. The van der Waals surface area contributed by atoms with Crippen LogP contribution >= 0.6 is 0 Å². The van der Waals surface area contributed by atoms with Gasteiger partial charge in [-0.2, -0.15) is 0 Å². The van der Waals surface area contributed by atoms with Gasteiger partial charge in [0.05, 0.1) is 0 Å². The van der Waals surface area contributed by atoms with Crippen LogP contribution in [-0.4, -0.2) is 0 Å². The smallest absolute Gasteiger partial charge is 0.0462 e. The highest BCUT2D eigenvalue weighted by atomic mass is 15.1. The molecule has 8 rings (SSSR count). The first kappa shape index (κ1) is 28.3.